The van der Waals surface area contributed by atoms with Gasteiger partial charge in [0, 0.05) is 0 Å². The van der Waals surface area contributed by atoms with E-state index in [2.05, 4.69) is 39.4 Å². The van der Waals surface area contributed by atoms with E-state index in [-0.39, 0.29) is 34.2 Å². The number of H-pyrrole nitrogens is 3. The first-order valence-electron chi connectivity index (χ1n) is 10.1. The number of esters is 1. The number of imidazole rings is 2. The molecule has 0 aromatic carbocycles. The highest BCUT2D eigenvalue weighted by Crippen LogP contribution is 2.39. The molecule has 20 nitrogen and oxygen atoms in total. The number of aromatic nitrogens is 8. The summed E-state index contributed by atoms with van der Waals surface area (Å²) in [4.78, 5) is 77.5. The van der Waals surface area contributed by atoms with Crippen LogP contribution in [0.25, 0.3) is 22.3 Å². The number of aliphatic hydroxyl groups is 1. The lowest BCUT2D eigenvalue weighted by atomic mass is 10.1. The second kappa shape index (κ2) is 8.73. The Hall–Kier alpha value is -4.20. The van der Waals surface area contributed by atoms with Crippen LogP contribution in [0.5, 0.6) is 0 Å². The molecule has 1 saturated heterocycles. The van der Waals surface area contributed by atoms with Crippen LogP contribution in [-0.4, -0.2) is 85.2 Å². The fraction of sp³-hybridized carbons (Fsp3) is 0.312. The lowest BCUT2D eigenvalue weighted by Gasteiger charge is -2.20. The molecule has 0 radical (unpaired) electrons. The number of carbonyl (C=O) groups excluding carboxylic acids is 1. The smallest absolute Gasteiger partial charge is 0.451 e. The molecule has 0 saturated carbocycles. The van der Waals surface area contributed by atoms with Crippen molar-refractivity contribution in [1.29, 1.82) is 0 Å². The summed E-state index contributed by atoms with van der Waals surface area (Å²) in [5.41, 5.74) is 9.06. The molecule has 0 aliphatic carbocycles. The van der Waals surface area contributed by atoms with Gasteiger partial charge >= 0.3 is 13.8 Å². The number of nitrogens with one attached hydrogen (secondary N) is 3. The topological polar surface area (TPSA) is 313 Å². The van der Waals surface area contributed by atoms with Gasteiger partial charge in [-0.15, -0.1) is 0 Å². The molecule has 4 aromatic heterocycles. The van der Waals surface area contributed by atoms with Gasteiger partial charge in [-0.2, -0.15) is 9.97 Å². The number of rotatable bonds is 6. The molecule has 0 bridgehead atoms. The molecule has 21 heteroatoms. The van der Waals surface area contributed by atoms with E-state index in [1.54, 1.807) is 0 Å². The Bertz CT molecular complexity index is 1690. The van der Waals surface area contributed by atoms with E-state index in [9.17, 15) is 24.1 Å². The molecule has 1 fully saturated rings. The van der Waals surface area contributed by atoms with Crippen LogP contribution >= 0.6 is 7.82 Å². The summed E-state index contributed by atoms with van der Waals surface area (Å²) >= 11 is 0. The monoisotopic (exact) mass is 540 g/mol. The number of ether oxygens (including phenoxy) is 2. The van der Waals surface area contributed by atoms with E-state index in [4.69, 9.17) is 30.7 Å². The molecule has 0 spiro atoms. The first-order chi connectivity index (χ1) is 17.4. The van der Waals surface area contributed by atoms with Gasteiger partial charge in [0.2, 0.25) is 17.7 Å². The SMILES string of the molecule is Nc1nc2c(ncn2C2OC(COP(=O)(O)O)C(OC(=O)c3nc4nc(N)[nH]c(=O)c4[nH]3)C2O)c(=O)[nH]1. The van der Waals surface area contributed by atoms with E-state index >= 15 is 0 Å². The van der Waals surface area contributed by atoms with Crippen LogP contribution in [0.15, 0.2) is 15.9 Å². The average Bonchev–Trinajstić information content (AvgIpc) is 3.48. The van der Waals surface area contributed by atoms with E-state index in [0.29, 0.717) is 0 Å². The van der Waals surface area contributed by atoms with Crippen molar-refractivity contribution in [2.75, 3.05) is 18.1 Å². The number of phosphoric ester groups is 1. The molecule has 4 aromatic rings. The molecule has 4 atom stereocenters. The van der Waals surface area contributed by atoms with Gasteiger partial charge in [-0.05, 0) is 0 Å². The lowest BCUT2D eigenvalue weighted by Crippen LogP contribution is -2.38. The zero-order valence-electron chi connectivity index (χ0n) is 18.1. The van der Waals surface area contributed by atoms with Crippen molar-refractivity contribution < 1.29 is 38.3 Å². The zero-order chi connectivity index (χ0) is 26.6. The minimum absolute atomic E-state index is 0.0906. The molecule has 5 rings (SSSR count). The van der Waals surface area contributed by atoms with Crippen molar-refractivity contribution in [3.63, 3.8) is 0 Å². The lowest BCUT2D eigenvalue weighted by molar-refractivity contribution is -0.0522. The van der Waals surface area contributed by atoms with Crippen molar-refractivity contribution in [2.24, 2.45) is 0 Å². The van der Waals surface area contributed by atoms with Gasteiger partial charge in [0.25, 0.3) is 11.1 Å². The van der Waals surface area contributed by atoms with Crippen molar-refractivity contribution >= 4 is 48.0 Å². The van der Waals surface area contributed by atoms with E-state index in [0.717, 1.165) is 10.9 Å². The summed E-state index contributed by atoms with van der Waals surface area (Å²) in [5.74, 6) is -2.18. The summed E-state index contributed by atoms with van der Waals surface area (Å²) in [6.07, 6.45) is -5.04. The van der Waals surface area contributed by atoms with Crippen molar-refractivity contribution in [3.8, 4) is 0 Å². The summed E-state index contributed by atoms with van der Waals surface area (Å²) < 4.78 is 27.8. The van der Waals surface area contributed by atoms with E-state index < -0.39 is 61.9 Å². The number of anilines is 2. The third-order valence-electron chi connectivity index (χ3n) is 5.26. The zero-order valence-corrected chi connectivity index (χ0v) is 19.0. The van der Waals surface area contributed by atoms with Crippen LogP contribution in [0.1, 0.15) is 16.8 Å². The molecule has 10 N–H and O–H groups in total. The Morgan fingerprint density at radius 2 is 1.84 bits per heavy atom. The minimum Gasteiger partial charge on any atom is -0.451 e. The Balaban J connectivity index is 1.47. The minimum atomic E-state index is -4.99. The van der Waals surface area contributed by atoms with Gasteiger partial charge in [0.05, 0.1) is 12.9 Å². The Morgan fingerprint density at radius 3 is 2.57 bits per heavy atom. The predicted octanol–water partition coefficient (Wildman–Crippen LogP) is -3.16. The largest absolute Gasteiger partial charge is 0.469 e. The highest BCUT2D eigenvalue weighted by Gasteiger charge is 2.49. The number of phosphoric acid groups is 1. The quantitative estimate of drug-likeness (QED) is 0.0883. The summed E-state index contributed by atoms with van der Waals surface area (Å²) in [6.45, 7) is -0.823. The van der Waals surface area contributed by atoms with Crippen molar-refractivity contribution in [3.05, 3.63) is 32.9 Å². The third kappa shape index (κ3) is 4.55. The standard InChI is InChI=1S/C16H17N10O10P/c17-15-22-8-4(11(28)24-15)20-9(21-8)14(30)36-7-3(1-34-37(31,32)33)35-13(6(7)27)26-2-19-5-10(26)23-16(18)25-12(5)29/h2-3,6-7,13,27H,1H2,(H2,31,32,33)(H3,18,23,25,29)(H4,17,20,21,22,24,28). The molecule has 196 valence electrons. The molecule has 37 heavy (non-hydrogen) atoms. The van der Waals surface area contributed by atoms with Crippen LogP contribution in [0, 0.1) is 0 Å². The average molecular weight is 540 g/mol. The molecule has 4 unspecified atom stereocenters. The number of nitrogens with two attached hydrogens (primary N) is 2. The number of nitrogens with zero attached hydrogens (tertiary/aromatic N) is 5. The van der Waals surface area contributed by atoms with Crippen LogP contribution in [0.2, 0.25) is 0 Å². The number of carbonyl (C=O) groups is 1. The summed E-state index contributed by atoms with van der Waals surface area (Å²) in [5, 5.41) is 11.0. The van der Waals surface area contributed by atoms with Gasteiger partial charge in [0.1, 0.15) is 12.2 Å². The van der Waals surface area contributed by atoms with Crippen LogP contribution < -0.4 is 22.6 Å². The number of nitrogen functional groups attached to an aromatic ring is 2. The normalized spacial score (nSPS) is 22.1. The molecule has 1 aliphatic heterocycles. The Kier molecular flexibility index (Phi) is 5.78. The molecule has 1 aliphatic rings. The predicted molar refractivity (Wildman–Crippen MR) is 119 cm³/mol. The van der Waals surface area contributed by atoms with Gasteiger partial charge in [-0.25, -0.2) is 19.3 Å². The molecule has 0 amide bonds. The highest BCUT2D eigenvalue weighted by molar-refractivity contribution is 7.46. The van der Waals surface area contributed by atoms with Gasteiger partial charge in [0.15, 0.2) is 34.7 Å². The molecular weight excluding hydrogens is 523 g/mol. The third-order valence-corrected chi connectivity index (χ3v) is 5.74. The maximum atomic E-state index is 12.8. The Labute approximate surface area is 201 Å². The van der Waals surface area contributed by atoms with Gasteiger partial charge < -0.3 is 40.8 Å². The Morgan fingerprint density at radius 1 is 1.14 bits per heavy atom. The second-order valence-corrected chi connectivity index (χ2v) is 8.96. The van der Waals surface area contributed by atoms with Crippen LogP contribution in [-0.2, 0) is 18.6 Å². The maximum absolute atomic E-state index is 12.8. The van der Waals surface area contributed by atoms with E-state index in [1.807, 2.05) is 0 Å². The fourth-order valence-electron chi connectivity index (χ4n) is 3.73. The molecule has 5 heterocycles. The maximum Gasteiger partial charge on any atom is 0.469 e. The van der Waals surface area contributed by atoms with Crippen molar-refractivity contribution in [1.82, 2.24) is 39.5 Å². The van der Waals surface area contributed by atoms with E-state index in [1.165, 1.54) is 0 Å². The summed E-state index contributed by atoms with van der Waals surface area (Å²) in [6, 6.07) is 0. The van der Waals surface area contributed by atoms with Gasteiger partial charge in [-0.1, -0.05) is 0 Å². The van der Waals surface area contributed by atoms with Crippen LogP contribution in [0.3, 0.4) is 0 Å². The number of hydrogen-bond donors (Lipinski definition) is 8. The van der Waals surface area contributed by atoms with Crippen molar-refractivity contribution in [2.45, 2.75) is 24.5 Å². The number of aliphatic hydroxyl groups excluding tert-OH is 1. The first kappa shape index (κ1) is 24.5. The number of aromatic amines is 3. The molecular formula is C16H17N10O10P. The first-order valence-corrected chi connectivity index (χ1v) is 11.7. The summed E-state index contributed by atoms with van der Waals surface area (Å²) in [7, 11) is -4.99. The number of fused-ring (bicyclic) bond motifs is 2. The van der Waals surface area contributed by atoms with Gasteiger partial charge in [-0.3, -0.25) is 28.6 Å². The number of hydrogen-bond acceptors (Lipinski definition) is 14. The van der Waals surface area contributed by atoms with Crippen LogP contribution in [0.4, 0.5) is 11.9 Å². The second-order valence-electron chi connectivity index (χ2n) is 7.72. The highest BCUT2D eigenvalue weighted by atomic mass is 31.2. The fourth-order valence-corrected chi connectivity index (χ4v) is 4.07.